The number of urea groups is 1. The van der Waals surface area contributed by atoms with Gasteiger partial charge in [0, 0.05) is 23.7 Å². The number of carbonyl (C=O) groups is 3. The highest BCUT2D eigenvalue weighted by atomic mass is 16.5. The van der Waals surface area contributed by atoms with Crippen LogP contribution in [-0.2, 0) is 9.59 Å². The number of amides is 4. The summed E-state index contributed by atoms with van der Waals surface area (Å²) in [4.78, 5) is 47.3. The molecule has 0 unspecified atom stereocenters. The molecule has 6 rings (SSSR count). The number of benzene rings is 2. The van der Waals surface area contributed by atoms with E-state index in [2.05, 4.69) is 25.8 Å². The number of hydrogen-bond donors (Lipinski definition) is 2. The van der Waals surface area contributed by atoms with Crippen molar-refractivity contribution in [3.05, 3.63) is 72.4 Å². The first-order chi connectivity index (χ1) is 18.4. The number of aromatic nitrogens is 3. The van der Waals surface area contributed by atoms with E-state index in [0.717, 1.165) is 16.7 Å². The van der Waals surface area contributed by atoms with Crippen LogP contribution in [0.3, 0.4) is 0 Å². The lowest BCUT2D eigenvalue weighted by Crippen LogP contribution is -2.71. The fraction of sp³-hybridized carbons (Fsp3) is 0.185. The van der Waals surface area contributed by atoms with E-state index in [9.17, 15) is 14.4 Å². The van der Waals surface area contributed by atoms with Crippen molar-refractivity contribution in [2.45, 2.75) is 25.3 Å². The molecule has 2 saturated heterocycles. The Bertz CT molecular complexity index is 1510. The third-order valence-electron chi connectivity index (χ3n) is 6.68. The summed E-state index contributed by atoms with van der Waals surface area (Å²) in [6.07, 6.45) is 2.46. The van der Waals surface area contributed by atoms with Crippen molar-refractivity contribution in [3.8, 4) is 34.5 Å². The maximum atomic E-state index is 12.7. The fourth-order valence-corrected chi connectivity index (χ4v) is 4.73. The van der Waals surface area contributed by atoms with Crippen LogP contribution in [0, 0.1) is 6.92 Å². The highest BCUT2D eigenvalue weighted by Crippen LogP contribution is 2.36. The fourth-order valence-electron chi connectivity index (χ4n) is 4.73. The number of nitrogens with one attached hydrogen (secondary N) is 2. The molecule has 4 heterocycles. The molecule has 4 aromatic rings. The van der Waals surface area contributed by atoms with Crippen LogP contribution in [0.15, 0.2) is 71.4 Å². The van der Waals surface area contributed by atoms with Crippen molar-refractivity contribution >= 4 is 23.5 Å². The van der Waals surface area contributed by atoms with Gasteiger partial charge in [-0.05, 0) is 62.2 Å². The number of pyridine rings is 1. The highest BCUT2D eigenvalue weighted by molar-refractivity contribution is 6.24. The smallest absolute Gasteiger partial charge is 0.328 e. The SMILES string of the molecule is Cc1ccc(-c2nc(-c3ccc(Oc4ccc(N5CCCC56C(=O)NC(=O)NC6=O)cn4)cc3)no2)cc1. The Labute approximate surface area is 216 Å². The van der Waals surface area contributed by atoms with Crippen molar-refractivity contribution < 1.29 is 23.6 Å². The summed E-state index contributed by atoms with van der Waals surface area (Å²) in [6, 6.07) is 17.6. The molecule has 1 spiro atoms. The quantitative estimate of drug-likeness (QED) is 0.385. The average molecular weight is 511 g/mol. The van der Waals surface area contributed by atoms with E-state index in [4.69, 9.17) is 9.26 Å². The third kappa shape index (κ3) is 4.03. The number of barbiturate groups is 1. The van der Waals surface area contributed by atoms with Crippen LogP contribution in [-0.4, -0.2) is 45.1 Å². The predicted molar refractivity (Wildman–Crippen MR) is 135 cm³/mol. The zero-order valence-electron chi connectivity index (χ0n) is 20.3. The van der Waals surface area contributed by atoms with Gasteiger partial charge in [0.25, 0.3) is 17.7 Å². The lowest BCUT2D eigenvalue weighted by molar-refractivity contribution is -0.137. The summed E-state index contributed by atoms with van der Waals surface area (Å²) in [5, 5.41) is 8.48. The van der Waals surface area contributed by atoms with Gasteiger partial charge >= 0.3 is 6.03 Å². The number of rotatable bonds is 5. The molecule has 11 heteroatoms. The van der Waals surface area contributed by atoms with Gasteiger partial charge in [-0.25, -0.2) is 9.78 Å². The first kappa shape index (κ1) is 23.3. The Morgan fingerprint density at radius 2 is 1.63 bits per heavy atom. The second kappa shape index (κ2) is 9.11. The molecule has 2 aliphatic heterocycles. The molecule has 2 N–H and O–H groups in total. The Hall–Kier alpha value is -5.06. The Kier molecular flexibility index (Phi) is 5.60. The summed E-state index contributed by atoms with van der Waals surface area (Å²) in [5.74, 6) is 0.543. The van der Waals surface area contributed by atoms with Crippen LogP contribution in [0.1, 0.15) is 18.4 Å². The summed E-state index contributed by atoms with van der Waals surface area (Å²) in [5.41, 5.74) is 1.87. The molecule has 2 aromatic heterocycles. The molecule has 0 radical (unpaired) electrons. The number of anilines is 1. The van der Waals surface area contributed by atoms with E-state index in [1.165, 1.54) is 0 Å². The summed E-state index contributed by atoms with van der Waals surface area (Å²) >= 11 is 0. The Morgan fingerprint density at radius 3 is 2.32 bits per heavy atom. The third-order valence-corrected chi connectivity index (χ3v) is 6.68. The zero-order chi connectivity index (χ0) is 26.3. The van der Waals surface area contributed by atoms with Gasteiger partial charge in [0.05, 0.1) is 11.9 Å². The van der Waals surface area contributed by atoms with Gasteiger partial charge in [0.1, 0.15) is 5.75 Å². The van der Waals surface area contributed by atoms with E-state index in [0.29, 0.717) is 48.4 Å². The molecule has 2 aliphatic rings. The van der Waals surface area contributed by atoms with E-state index in [1.807, 2.05) is 43.3 Å². The topological polar surface area (TPSA) is 140 Å². The molecule has 2 fully saturated rings. The normalized spacial score (nSPS) is 16.4. The van der Waals surface area contributed by atoms with Gasteiger partial charge in [0.15, 0.2) is 5.54 Å². The van der Waals surface area contributed by atoms with Gasteiger partial charge in [0.2, 0.25) is 11.7 Å². The van der Waals surface area contributed by atoms with Crippen LogP contribution in [0.25, 0.3) is 22.8 Å². The van der Waals surface area contributed by atoms with E-state index in [1.54, 1.807) is 35.4 Å². The van der Waals surface area contributed by atoms with E-state index in [-0.39, 0.29) is 0 Å². The maximum Gasteiger partial charge on any atom is 0.328 e. The molecule has 2 aromatic carbocycles. The minimum Gasteiger partial charge on any atom is -0.439 e. The minimum absolute atomic E-state index is 0.301. The molecule has 0 saturated carbocycles. The van der Waals surface area contributed by atoms with Gasteiger partial charge in [-0.3, -0.25) is 20.2 Å². The van der Waals surface area contributed by atoms with Gasteiger partial charge in [-0.1, -0.05) is 22.9 Å². The van der Waals surface area contributed by atoms with E-state index < -0.39 is 23.4 Å². The predicted octanol–water partition coefficient (Wildman–Crippen LogP) is 3.60. The molecular weight excluding hydrogens is 488 g/mol. The second-order valence-corrected chi connectivity index (χ2v) is 9.12. The van der Waals surface area contributed by atoms with Gasteiger partial charge in [-0.2, -0.15) is 4.98 Å². The number of aryl methyl sites for hydroxylation is 1. The number of ether oxygens (including phenoxy) is 1. The van der Waals surface area contributed by atoms with Gasteiger partial charge < -0.3 is 14.2 Å². The van der Waals surface area contributed by atoms with Crippen LogP contribution in [0.2, 0.25) is 0 Å². The molecule has 0 bridgehead atoms. The van der Waals surface area contributed by atoms with Crippen LogP contribution in [0.5, 0.6) is 11.6 Å². The number of carbonyl (C=O) groups excluding carboxylic acids is 3. The average Bonchev–Trinajstić information content (AvgIpc) is 3.58. The molecule has 190 valence electrons. The lowest BCUT2D eigenvalue weighted by atomic mass is 9.92. The Morgan fingerprint density at radius 1 is 0.921 bits per heavy atom. The first-order valence-electron chi connectivity index (χ1n) is 12.0. The summed E-state index contributed by atoms with van der Waals surface area (Å²) in [6.45, 7) is 2.49. The molecule has 38 heavy (non-hydrogen) atoms. The molecule has 0 aliphatic carbocycles. The summed E-state index contributed by atoms with van der Waals surface area (Å²) in [7, 11) is 0. The first-order valence-corrected chi connectivity index (χ1v) is 12.0. The molecular formula is C27H22N6O5. The molecule has 0 atom stereocenters. The van der Waals surface area contributed by atoms with Crippen molar-refractivity contribution in [1.82, 2.24) is 25.8 Å². The van der Waals surface area contributed by atoms with Gasteiger partial charge in [-0.15, -0.1) is 0 Å². The largest absolute Gasteiger partial charge is 0.439 e. The zero-order valence-corrected chi connectivity index (χ0v) is 20.3. The second-order valence-electron chi connectivity index (χ2n) is 9.12. The van der Waals surface area contributed by atoms with Crippen molar-refractivity contribution in [2.75, 3.05) is 11.4 Å². The van der Waals surface area contributed by atoms with Crippen LogP contribution in [0.4, 0.5) is 10.5 Å². The Balaban J connectivity index is 1.15. The molecule has 11 nitrogen and oxygen atoms in total. The number of hydrogen-bond acceptors (Lipinski definition) is 9. The van der Waals surface area contributed by atoms with Crippen molar-refractivity contribution in [2.24, 2.45) is 0 Å². The van der Waals surface area contributed by atoms with Crippen molar-refractivity contribution in [1.29, 1.82) is 0 Å². The van der Waals surface area contributed by atoms with Crippen LogP contribution < -0.4 is 20.3 Å². The standard InChI is InChI=1S/C27H22N6O5/c1-16-3-5-18(6-4-16)23-29-22(32-38-23)17-7-10-20(11-8-17)37-21-12-9-19(15-28-21)33-14-2-13-27(33)24(34)30-26(36)31-25(27)35/h3-12,15H,2,13-14H2,1H3,(H2,30,31,34,35,36). The number of nitrogens with zero attached hydrogens (tertiary/aromatic N) is 4. The summed E-state index contributed by atoms with van der Waals surface area (Å²) < 4.78 is 11.3. The minimum atomic E-state index is -1.47. The van der Waals surface area contributed by atoms with Crippen LogP contribution >= 0.6 is 0 Å². The maximum absolute atomic E-state index is 12.7. The van der Waals surface area contributed by atoms with Crippen molar-refractivity contribution in [3.63, 3.8) is 0 Å². The lowest BCUT2D eigenvalue weighted by Gasteiger charge is -2.38. The highest BCUT2D eigenvalue weighted by Gasteiger charge is 2.57. The van der Waals surface area contributed by atoms with E-state index >= 15 is 0 Å². The molecule has 4 amide bonds. The monoisotopic (exact) mass is 510 g/mol. The number of imide groups is 2.